The molecule has 0 amide bonds. The van der Waals surface area contributed by atoms with Crippen LogP contribution in [0.15, 0.2) is 121 Å². The minimum Gasteiger partial charge on any atom is -0.423 e. The first-order valence-corrected chi connectivity index (χ1v) is 14.9. The lowest BCUT2D eigenvalue weighted by Gasteiger charge is -2.12. The molecule has 4 aromatic rings. The van der Waals surface area contributed by atoms with E-state index in [1.165, 1.54) is 37.5 Å². The standard InChI is InChI=1S/C39H36O7/c1-5-6-7-28-8-13-30(14-9-28)31-15-10-29(11-16-31)12-23-37(41)45-36-24-33(19-22-35(36)46-38(42)26(2)3)32-17-20-34(21-18-32)44-39(43)27(4)25-40/h8-24,40H,2,4-7,25H2,1,3H3/b23-12+. The number of carbonyl (C=O) groups is 3. The van der Waals surface area contributed by atoms with Crippen molar-refractivity contribution in [1.29, 1.82) is 0 Å². The Morgan fingerprint density at radius 3 is 1.91 bits per heavy atom. The molecule has 0 aliphatic rings. The van der Waals surface area contributed by atoms with Crippen molar-refractivity contribution in [3.8, 4) is 39.5 Å². The van der Waals surface area contributed by atoms with Crippen molar-refractivity contribution in [1.82, 2.24) is 0 Å². The van der Waals surface area contributed by atoms with E-state index in [2.05, 4.69) is 44.3 Å². The van der Waals surface area contributed by atoms with Gasteiger partial charge in [-0.3, -0.25) is 0 Å². The molecule has 0 atom stereocenters. The van der Waals surface area contributed by atoms with Gasteiger partial charge in [-0.1, -0.05) is 93.2 Å². The summed E-state index contributed by atoms with van der Waals surface area (Å²) in [5.74, 6) is -1.70. The van der Waals surface area contributed by atoms with Crippen LogP contribution in [-0.2, 0) is 20.8 Å². The molecule has 0 unspecified atom stereocenters. The summed E-state index contributed by atoms with van der Waals surface area (Å²) in [5, 5.41) is 9.06. The maximum absolute atomic E-state index is 12.9. The molecule has 0 saturated heterocycles. The van der Waals surface area contributed by atoms with Crippen LogP contribution in [-0.4, -0.2) is 29.6 Å². The molecule has 0 saturated carbocycles. The van der Waals surface area contributed by atoms with Crippen LogP contribution < -0.4 is 14.2 Å². The average Bonchev–Trinajstić information content (AvgIpc) is 3.07. The second kappa shape index (κ2) is 16.0. The van der Waals surface area contributed by atoms with Gasteiger partial charge >= 0.3 is 17.9 Å². The van der Waals surface area contributed by atoms with Crippen LogP contribution in [0.5, 0.6) is 17.2 Å². The number of benzene rings is 4. The Bertz CT molecular complexity index is 1750. The molecule has 0 fully saturated rings. The van der Waals surface area contributed by atoms with Crippen molar-refractivity contribution in [2.75, 3.05) is 6.61 Å². The highest BCUT2D eigenvalue weighted by atomic mass is 16.6. The number of ether oxygens (including phenoxy) is 3. The van der Waals surface area contributed by atoms with Crippen LogP contribution in [0, 0.1) is 0 Å². The van der Waals surface area contributed by atoms with Gasteiger partial charge in [0, 0.05) is 11.6 Å². The van der Waals surface area contributed by atoms with Crippen molar-refractivity contribution in [3.63, 3.8) is 0 Å². The van der Waals surface area contributed by atoms with Crippen LogP contribution in [0.2, 0.25) is 0 Å². The molecule has 46 heavy (non-hydrogen) atoms. The number of carbonyl (C=O) groups excluding carboxylic acids is 3. The second-order valence-corrected chi connectivity index (χ2v) is 10.7. The zero-order valence-electron chi connectivity index (χ0n) is 26.0. The molecule has 4 aromatic carbocycles. The van der Waals surface area contributed by atoms with Crippen molar-refractivity contribution < 1.29 is 33.7 Å². The van der Waals surface area contributed by atoms with E-state index in [1.807, 2.05) is 24.3 Å². The largest absolute Gasteiger partial charge is 0.423 e. The molecule has 0 aliphatic carbocycles. The second-order valence-electron chi connectivity index (χ2n) is 10.7. The lowest BCUT2D eigenvalue weighted by Crippen LogP contribution is -2.12. The van der Waals surface area contributed by atoms with Crippen LogP contribution in [0.25, 0.3) is 28.3 Å². The van der Waals surface area contributed by atoms with E-state index in [1.54, 1.807) is 42.5 Å². The molecular formula is C39H36O7. The molecule has 4 rings (SSSR count). The quantitative estimate of drug-likeness (QED) is 0.0926. The number of aliphatic hydroxyl groups excluding tert-OH is 1. The highest BCUT2D eigenvalue weighted by molar-refractivity contribution is 5.92. The molecule has 0 bridgehead atoms. The fraction of sp³-hybridized carbons (Fsp3) is 0.154. The van der Waals surface area contributed by atoms with Gasteiger partial charge in [-0.15, -0.1) is 0 Å². The van der Waals surface area contributed by atoms with Crippen LogP contribution in [0.3, 0.4) is 0 Å². The third-order valence-electron chi connectivity index (χ3n) is 7.01. The van der Waals surface area contributed by atoms with Gasteiger partial charge < -0.3 is 19.3 Å². The summed E-state index contributed by atoms with van der Waals surface area (Å²) in [6, 6.07) is 27.8. The molecule has 0 spiro atoms. The molecule has 7 nitrogen and oxygen atoms in total. The van der Waals surface area contributed by atoms with Gasteiger partial charge in [0.25, 0.3) is 0 Å². The van der Waals surface area contributed by atoms with E-state index in [0.29, 0.717) is 11.1 Å². The molecular weight excluding hydrogens is 580 g/mol. The summed E-state index contributed by atoms with van der Waals surface area (Å²) < 4.78 is 16.2. The lowest BCUT2D eigenvalue weighted by molar-refractivity contribution is -0.132. The van der Waals surface area contributed by atoms with Crippen molar-refractivity contribution in [2.24, 2.45) is 0 Å². The average molecular weight is 617 g/mol. The fourth-order valence-electron chi connectivity index (χ4n) is 4.34. The molecule has 0 aromatic heterocycles. The van der Waals surface area contributed by atoms with Gasteiger partial charge in [0.05, 0.1) is 12.2 Å². The number of hydrogen-bond donors (Lipinski definition) is 1. The first-order valence-electron chi connectivity index (χ1n) is 14.9. The number of aryl methyl sites for hydroxylation is 1. The molecule has 0 heterocycles. The Morgan fingerprint density at radius 1 is 0.717 bits per heavy atom. The predicted octanol–water partition coefficient (Wildman–Crippen LogP) is 7.92. The summed E-state index contributed by atoms with van der Waals surface area (Å²) in [6.45, 7) is 10.3. The highest BCUT2D eigenvalue weighted by Gasteiger charge is 2.16. The topological polar surface area (TPSA) is 99.1 Å². The van der Waals surface area contributed by atoms with Gasteiger partial charge in [0.2, 0.25) is 0 Å². The zero-order valence-corrected chi connectivity index (χ0v) is 26.0. The first-order chi connectivity index (χ1) is 22.2. The Morgan fingerprint density at radius 2 is 1.30 bits per heavy atom. The summed E-state index contributed by atoms with van der Waals surface area (Å²) in [4.78, 5) is 37.0. The van der Waals surface area contributed by atoms with E-state index in [-0.39, 0.29) is 28.4 Å². The lowest BCUT2D eigenvalue weighted by atomic mass is 10.0. The number of esters is 3. The first kappa shape index (κ1) is 33.4. The van der Waals surface area contributed by atoms with Crippen molar-refractivity contribution >= 4 is 24.0 Å². The monoisotopic (exact) mass is 616 g/mol. The molecule has 7 heteroatoms. The summed E-state index contributed by atoms with van der Waals surface area (Å²) in [7, 11) is 0. The SMILES string of the molecule is C=C(C)C(=O)Oc1ccc(-c2ccc(OC(=O)C(=C)CO)cc2)cc1OC(=O)/C=C/c1ccc(-c2ccc(CCCC)cc2)cc1. The number of hydrogen-bond acceptors (Lipinski definition) is 7. The molecule has 0 aliphatic heterocycles. The van der Waals surface area contributed by atoms with Gasteiger partial charge in [-0.25, -0.2) is 14.4 Å². The van der Waals surface area contributed by atoms with Crippen molar-refractivity contribution in [2.45, 2.75) is 33.1 Å². The van der Waals surface area contributed by atoms with Crippen LogP contribution in [0.4, 0.5) is 0 Å². The third kappa shape index (κ3) is 9.24. The number of rotatable bonds is 13. The van der Waals surface area contributed by atoms with Crippen molar-refractivity contribution in [3.05, 3.63) is 133 Å². The van der Waals surface area contributed by atoms with Crippen LogP contribution >= 0.6 is 0 Å². The normalized spacial score (nSPS) is 10.8. The summed E-state index contributed by atoms with van der Waals surface area (Å²) >= 11 is 0. The maximum Gasteiger partial charge on any atom is 0.341 e. The zero-order chi connectivity index (χ0) is 33.1. The summed E-state index contributed by atoms with van der Waals surface area (Å²) in [5.41, 5.74) is 5.81. The third-order valence-corrected chi connectivity index (χ3v) is 7.01. The fourth-order valence-corrected chi connectivity index (χ4v) is 4.34. The molecule has 0 radical (unpaired) electrons. The Labute approximate surface area is 269 Å². The number of aliphatic hydroxyl groups is 1. The predicted molar refractivity (Wildman–Crippen MR) is 179 cm³/mol. The number of unbranched alkanes of at least 4 members (excludes halogenated alkanes) is 1. The van der Waals surface area contributed by atoms with Gasteiger partial charge in [-0.2, -0.15) is 0 Å². The minimum absolute atomic E-state index is 0.0363. The van der Waals surface area contributed by atoms with E-state index < -0.39 is 24.5 Å². The molecule has 1 N–H and O–H groups in total. The van der Waals surface area contributed by atoms with E-state index in [0.717, 1.165) is 23.1 Å². The van der Waals surface area contributed by atoms with E-state index in [4.69, 9.17) is 19.3 Å². The Kier molecular flexibility index (Phi) is 11.6. The van der Waals surface area contributed by atoms with E-state index >= 15 is 0 Å². The minimum atomic E-state index is -0.732. The maximum atomic E-state index is 12.9. The smallest absolute Gasteiger partial charge is 0.341 e. The van der Waals surface area contributed by atoms with Crippen LogP contribution in [0.1, 0.15) is 37.8 Å². The Hall–Kier alpha value is -5.53. The summed E-state index contributed by atoms with van der Waals surface area (Å²) in [6.07, 6.45) is 6.37. The Balaban J connectivity index is 1.48. The molecule has 234 valence electrons. The van der Waals surface area contributed by atoms with Gasteiger partial charge in [-0.05, 0) is 83.5 Å². The highest BCUT2D eigenvalue weighted by Crippen LogP contribution is 2.34. The van der Waals surface area contributed by atoms with Gasteiger partial charge in [0.15, 0.2) is 11.5 Å². The van der Waals surface area contributed by atoms with Gasteiger partial charge in [0.1, 0.15) is 5.75 Å². The van der Waals surface area contributed by atoms with E-state index in [9.17, 15) is 14.4 Å².